The van der Waals surface area contributed by atoms with Crippen molar-refractivity contribution in [2.24, 2.45) is 0 Å². The van der Waals surface area contributed by atoms with E-state index in [0.29, 0.717) is 15.6 Å². The Morgan fingerprint density at radius 3 is 2.14 bits per heavy atom. The standard InChI is InChI=1S/C26H22Cl2N2O5/c27-21-10-9-15(11-22(21)28)13-29-25(33)23(12-24(31)32)30-26(34)35-14-20-18-7-3-1-5-16(18)17-6-2-4-8-19(17)20/h1-11,20,23H,12-14H2,(H,29,33)(H,30,34)(H,31,32). The molecule has 1 aliphatic carbocycles. The minimum atomic E-state index is -1.31. The summed E-state index contributed by atoms with van der Waals surface area (Å²) in [6.45, 7) is 0.128. The van der Waals surface area contributed by atoms with Gasteiger partial charge in [0.15, 0.2) is 0 Å². The molecule has 0 bridgehead atoms. The first-order valence-electron chi connectivity index (χ1n) is 10.9. The lowest BCUT2D eigenvalue weighted by Gasteiger charge is -2.19. The first kappa shape index (κ1) is 24.6. The van der Waals surface area contributed by atoms with E-state index in [1.165, 1.54) is 0 Å². The summed E-state index contributed by atoms with van der Waals surface area (Å²) in [5.41, 5.74) is 4.93. The van der Waals surface area contributed by atoms with Crippen molar-refractivity contribution in [1.82, 2.24) is 10.6 Å². The smallest absolute Gasteiger partial charge is 0.407 e. The van der Waals surface area contributed by atoms with Crippen LogP contribution in [0.3, 0.4) is 0 Å². The number of hydrogen-bond acceptors (Lipinski definition) is 4. The molecule has 1 aliphatic rings. The van der Waals surface area contributed by atoms with Gasteiger partial charge in [-0.2, -0.15) is 0 Å². The maximum atomic E-state index is 12.6. The van der Waals surface area contributed by atoms with Crippen LogP contribution in [-0.4, -0.2) is 35.7 Å². The van der Waals surface area contributed by atoms with Gasteiger partial charge in [-0.05, 0) is 39.9 Å². The average molecular weight is 513 g/mol. The number of nitrogens with one attached hydrogen (secondary N) is 2. The van der Waals surface area contributed by atoms with Gasteiger partial charge in [-0.15, -0.1) is 0 Å². The zero-order valence-corrected chi connectivity index (χ0v) is 20.0. The molecule has 0 fully saturated rings. The number of aliphatic carboxylic acids is 1. The number of halogens is 2. The second-order valence-electron chi connectivity index (χ2n) is 8.09. The third kappa shape index (κ3) is 5.75. The van der Waals surface area contributed by atoms with Crippen LogP contribution in [0.2, 0.25) is 10.0 Å². The Labute approximate surface area is 212 Å². The predicted octanol–water partition coefficient (Wildman–Crippen LogP) is 4.99. The molecule has 3 aromatic rings. The highest BCUT2D eigenvalue weighted by molar-refractivity contribution is 6.42. The summed E-state index contributed by atoms with van der Waals surface area (Å²) >= 11 is 11.9. The van der Waals surface area contributed by atoms with E-state index in [1.54, 1.807) is 18.2 Å². The molecule has 0 heterocycles. The minimum absolute atomic E-state index is 0.0462. The van der Waals surface area contributed by atoms with Crippen LogP contribution in [0.4, 0.5) is 4.79 Å². The fourth-order valence-electron chi connectivity index (χ4n) is 4.13. The number of ether oxygens (including phenoxy) is 1. The minimum Gasteiger partial charge on any atom is -0.481 e. The Kier molecular flexibility index (Phi) is 7.58. The summed E-state index contributed by atoms with van der Waals surface area (Å²) < 4.78 is 5.44. The Bertz CT molecular complexity index is 1230. The molecule has 0 radical (unpaired) electrons. The van der Waals surface area contributed by atoms with Crippen molar-refractivity contribution in [2.75, 3.05) is 6.61 Å². The Morgan fingerprint density at radius 2 is 1.54 bits per heavy atom. The average Bonchev–Trinajstić information content (AvgIpc) is 3.16. The van der Waals surface area contributed by atoms with Crippen LogP contribution in [0.1, 0.15) is 29.0 Å². The largest absolute Gasteiger partial charge is 0.481 e. The highest BCUT2D eigenvalue weighted by Gasteiger charge is 2.30. The summed E-state index contributed by atoms with van der Waals surface area (Å²) in [6.07, 6.45) is -1.47. The summed E-state index contributed by atoms with van der Waals surface area (Å²) in [4.78, 5) is 36.5. The van der Waals surface area contributed by atoms with Crippen LogP contribution < -0.4 is 10.6 Å². The fraction of sp³-hybridized carbons (Fsp3) is 0.192. The van der Waals surface area contributed by atoms with E-state index in [4.69, 9.17) is 27.9 Å². The van der Waals surface area contributed by atoms with Gasteiger partial charge < -0.3 is 20.5 Å². The number of alkyl carbamates (subject to hydrolysis) is 1. The maximum Gasteiger partial charge on any atom is 0.407 e. The van der Waals surface area contributed by atoms with Gasteiger partial charge in [-0.25, -0.2) is 4.79 Å². The van der Waals surface area contributed by atoms with Crippen molar-refractivity contribution in [3.8, 4) is 11.1 Å². The molecule has 3 N–H and O–H groups in total. The second-order valence-corrected chi connectivity index (χ2v) is 8.90. The van der Waals surface area contributed by atoms with Gasteiger partial charge in [-0.1, -0.05) is 77.8 Å². The lowest BCUT2D eigenvalue weighted by molar-refractivity contribution is -0.139. The molecule has 180 valence electrons. The van der Waals surface area contributed by atoms with E-state index in [0.717, 1.165) is 22.3 Å². The summed E-state index contributed by atoms with van der Waals surface area (Å²) in [5.74, 6) is -2.06. The van der Waals surface area contributed by atoms with Crippen molar-refractivity contribution in [1.29, 1.82) is 0 Å². The Hall–Kier alpha value is -3.55. The highest BCUT2D eigenvalue weighted by Crippen LogP contribution is 2.44. The zero-order valence-electron chi connectivity index (χ0n) is 18.5. The lowest BCUT2D eigenvalue weighted by atomic mass is 9.98. The molecule has 1 atom stereocenters. The van der Waals surface area contributed by atoms with Crippen LogP contribution in [-0.2, 0) is 20.9 Å². The van der Waals surface area contributed by atoms with Crippen LogP contribution in [0.15, 0.2) is 66.7 Å². The number of benzene rings is 3. The van der Waals surface area contributed by atoms with Gasteiger partial charge >= 0.3 is 12.1 Å². The van der Waals surface area contributed by atoms with Gasteiger partial charge in [0.2, 0.25) is 5.91 Å². The number of rotatable bonds is 8. The van der Waals surface area contributed by atoms with Crippen molar-refractivity contribution in [2.45, 2.75) is 24.9 Å². The number of carbonyl (C=O) groups excluding carboxylic acids is 2. The molecule has 1 unspecified atom stereocenters. The van der Waals surface area contributed by atoms with Crippen molar-refractivity contribution >= 4 is 41.2 Å². The third-order valence-electron chi connectivity index (χ3n) is 5.78. The highest BCUT2D eigenvalue weighted by atomic mass is 35.5. The lowest BCUT2D eigenvalue weighted by Crippen LogP contribution is -2.48. The van der Waals surface area contributed by atoms with Crippen LogP contribution in [0.5, 0.6) is 0 Å². The molecular weight excluding hydrogens is 491 g/mol. The first-order chi connectivity index (χ1) is 16.8. The molecule has 0 aliphatic heterocycles. The van der Waals surface area contributed by atoms with Gasteiger partial charge in [0, 0.05) is 12.5 Å². The number of hydrogen-bond donors (Lipinski definition) is 3. The molecule has 9 heteroatoms. The number of fused-ring (bicyclic) bond motifs is 3. The number of carbonyl (C=O) groups is 3. The van der Waals surface area contributed by atoms with Gasteiger partial charge in [0.1, 0.15) is 12.6 Å². The third-order valence-corrected chi connectivity index (χ3v) is 6.52. The topological polar surface area (TPSA) is 105 Å². The van der Waals surface area contributed by atoms with E-state index in [-0.39, 0.29) is 19.1 Å². The predicted molar refractivity (Wildman–Crippen MR) is 133 cm³/mol. The second kappa shape index (κ2) is 10.8. The zero-order chi connectivity index (χ0) is 24.9. The summed E-state index contributed by atoms with van der Waals surface area (Å²) in [5, 5.41) is 14.9. The summed E-state index contributed by atoms with van der Waals surface area (Å²) in [7, 11) is 0. The molecule has 0 spiro atoms. The molecule has 7 nitrogen and oxygen atoms in total. The number of carboxylic acid groups (broad SMARTS) is 1. The van der Waals surface area contributed by atoms with Crippen molar-refractivity contribution < 1.29 is 24.2 Å². The Balaban J connectivity index is 1.38. The van der Waals surface area contributed by atoms with Crippen molar-refractivity contribution in [3.05, 3.63) is 93.5 Å². The van der Waals surface area contributed by atoms with Gasteiger partial charge in [0.25, 0.3) is 0 Å². The maximum absolute atomic E-state index is 12.6. The van der Waals surface area contributed by atoms with Crippen LogP contribution in [0.25, 0.3) is 11.1 Å². The molecular formula is C26H22Cl2N2O5. The number of amides is 2. The molecule has 2 amide bonds. The van der Waals surface area contributed by atoms with Gasteiger partial charge in [-0.3, -0.25) is 9.59 Å². The van der Waals surface area contributed by atoms with E-state index in [9.17, 15) is 19.5 Å². The summed E-state index contributed by atoms with van der Waals surface area (Å²) in [6, 6.07) is 19.4. The SMILES string of the molecule is O=C(O)CC(NC(=O)OCC1c2ccccc2-c2ccccc21)C(=O)NCc1ccc(Cl)c(Cl)c1. The molecule has 0 saturated carbocycles. The van der Waals surface area contributed by atoms with Crippen molar-refractivity contribution in [3.63, 3.8) is 0 Å². The van der Waals surface area contributed by atoms with Gasteiger partial charge in [0.05, 0.1) is 16.5 Å². The van der Waals surface area contributed by atoms with Crippen LogP contribution >= 0.6 is 23.2 Å². The number of carboxylic acids is 1. The quantitative estimate of drug-likeness (QED) is 0.394. The van der Waals surface area contributed by atoms with E-state index < -0.39 is 30.4 Å². The van der Waals surface area contributed by atoms with E-state index in [1.807, 2.05) is 48.5 Å². The normalized spacial score (nSPS) is 12.9. The van der Waals surface area contributed by atoms with E-state index >= 15 is 0 Å². The molecule has 3 aromatic carbocycles. The fourth-order valence-corrected chi connectivity index (χ4v) is 4.45. The monoisotopic (exact) mass is 512 g/mol. The molecule has 0 saturated heterocycles. The molecule has 35 heavy (non-hydrogen) atoms. The molecule has 0 aromatic heterocycles. The first-order valence-corrected chi connectivity index (χ1v) is 11.6. The Morgan fingerprint density at radius 1 is 0.914 bits per heavy atom. The van der Waals surface area contributed by atoms with E-state index in [2.05, 4.69) is 10.6 Å². The molecule has 4 rings (SSSR count). The van der Waals surface area contributed by atoms with Crippen LogP contribution in [0, 0.1) is 0 Å².